The Kier molecular flexibility index (Phi) is 4.88. The molecule has 0 saturated carbocycles. The number of rotatable bonds is 5. The number of hydrogen-bond donors (Lipinski definition) is 2. The van der Waals surface area contributed by atoms with Crippen LogP contribution in [0.15, 0.2) is 23.1 Å². The van der Waals surface area contributed by atoms with E-state index in [4.69, 9.17) is 14.6 Å². The summed E-state index contributed by atoms with van der Waals surface area (Å²) < 4.78 is 50.0. The van der Waals surface area contributed by atoms with Crippen molar-refractivity contribution < 1.29 is 32.2 Å². The zero-order valence-electron chi connectivity index (χ0n) is 10.9. The van der Waals surface area contributed by atoms with E-state index in [1.54, 1.807) is 0 Å². The monoisotopic (exact) mass is 319 g/mol. The summed E-state index contributed by atoms with van der Waals surface area (Å²) in [5.74, 6) is -2.53. The number of hydrogen-bond acceptors (Lipinski definition) is 5. The number of halogens is 1. The lowest BCUT2D eigenvalue weighted by atomic mass is 10.2. The number of benzene rings is 1. The highest BCUT2D eigenvalue weighted by molar-refractivity contribution is 7.89. The molecule has 1 heterocycles. The predicted molar refractivity (Wildman–Crippen MR) is 69.1 cm³/mol. The number of sulfonamides is 1. The maximum absolute atomic E-state index is 13.3. The van der Waals surface area contributed by atoms with Gasteiger partial charge in [0, 0.05) is 6.54 Å². The van der Waals surface area contributed by atoms with E-state index < -0.39 is 33.5 Å². The van der Waals surface area contributed by atoms with E-state index in [9.17, 15) is 17.6 Å². The molecule has 1 unspecified atom stereocenters. The molecule has 1 aliphatic rings. The van der Waals surface area contributed by atoms with E-state index in [1.807, 2.05) is 0 Å². The number of carboxylic acid groups (broad SMARTS) is 1. The summed E-state index contributed by atoms with van der Waals surface area (Å²) in [6.07, 6.45) is -0.409. The third kappa shape index (κ3) is 3.97. The van der Waals surface area contributed by atoms with Crippen LogP contribution in [0.5, 0.6) is 0 Å². The normalized spacial score (nSPS) is 19.4. The van der Waals surface area contributed by atoms with Crippen LogP contribution in [0.25, 0.3) is 0 Å². The third-order valence-corrected chi connectivity index (χ3v) is 4.29. The second-order valence-corrected chi connectivity index (χ2v) is 6.13. The summed E-state index contributed by atoms with van der Waals surface area (Å²) in [5.41, 5.74) is -0.699. The molecule has 7 nitrogen and oxygen atoms in total. The van der Waals surface area contributed by atoms with Crippen molar-refractivity contribution in [1.82, 2.24) is 4.72 Å². The van der Waals surface area contributed by atoms with Crippen molar-refractivity contribution in [3.63, 3.8) is 0 Å². The molecule has 1 aliphatic heterocycles. The van der Waals surface area contributed by atoms with Crippen LogP contribution in [-0.2, 0) is 19.5 Å². The van der Waals surface area contributed by atoms with Crippen molar-refractivity contribution in [3.05, 3.63) is 29.6 Å². The van der Waals surface area contributed by atoms with E-state index in [0.717, 1.165) is 18.2 Å². The Morgan fingerprint density at radius 2 is 2.19 bits per heavy atom. The molecule has 9 heteroatoms. The maximum atomic E-state index is 13.3. The summed E-state index contributed by atoms with van der Waals surface area (Å²) in [6.45, 7) is 1.10. The highest BCUT2D eigenvalue weighted by atomic mass is 32.2. The molecule has 2 rings (SSSR count). The van der Waals surface area contributed by atoms with Crippen molar-refractivity contribution in [3.8, 4) is 0 Å². The van der Waals surface area contributed by atoms with Gasteiger partial charge in [-0.2, -0.15) is 0 Å². The van der Waals surface area contributed by atoms with Gasteiger partial charge in [-0.15, -0.1) is 0 Å². The number of carboxylic acids is 1. The zero-order chi connectivity index (χ0) is 15.5. The highest BCUT2D eigenvalue weighted by Gasteiger charge is 2.22. The average Bonchev–Trinajstić information content (AvgIpc) is 2.46. The summed E-state index contributed by atoms with van der Waals surface area (Å²) in [7, 11) is -3.95. The van der Waals surface area contributed by atoms with Gasteiger partial charge in [-0.25, -0.2) is 22.3 Å². The van der Waals surface area contributed by atoms with Gasteiger partial charge in [-0.05, 0) is 18.2 Å². The molecular weight excluding hydrogens is 305 g/mol. The summed E-state index contributed by atoms with van der Waals surface area (Å²) in [4.78, 5) is 10.5. The first-order chi connectivity index (χ1) is 9.90. The fourth-order valence-electron chi connectivity index (χ4n) is 1.78. The SMILES string of the molecule is O=C(O)c1cc(S(=O)(=O)NCC2COCCO2)ccc1F. The fraction of sp³-hybridized carbons (Fsp3) is 0.417. The lowest BCUT2D eigenvalue weighted by Crippen LogP contribution is -2.39. The minimum absolute atomic E-state index is 0.0118. The van der Waals surface area contributed by atoms with Crippen LogP contribution in [0.1, 0.15) is 10.4 Å². The summed E-state index contributed by atoms with van der Waals surface area (Å²) in [5, 5.41) is 8.80. The van der Waals surface area contributed by atoms with Gasteiger partial charge in [0.05, 0.1) is 36.4 Å². The van der Waals surface area contributed by atoms with Crippen LogP contribution in [0.2, 0.25) is 0 Å². The van der Waals surface area contributed by atoms with Gasteiger partial charge in [-0.3, -0.25) is 0 Å². The second kappa shape index (κ2) is 6.48. The van der Waals surface area contributed by atoms with Gasteiger partial charge in [-0.1, -0.05) is 0 Å². The van der Waals surface area contributed by atoms with Crippen molar-refractivity contribution >= 4 is 16.0 Å². The number of aromatic carboxylic acids is 1. The van der Waals surface area contributed by atoms with Gasteiger partial charge in [0.25, 0.3) is 0 Å². The summed E-state index contributed by atoms with van der Waals surface area (Å²) >= 11 is 0. The predicted octanol–water partition coefficient (Wildman–Crippen LogP) is 0.218. The standard InChI is InChI=1S/C12H14FNO6S/c13-11-2-1-9(5-10(11)12(15)16)21(17,18)14-6-8-7-19-3-4-20-8/h1-2,5,8,14H,3-4,6-7H2,(H,15,16). The van der Waals surface area contributed by atoms with Crippen LogP contribution in [0.4, 0.5) is 4.39 Å². The molecule has 2 N–H and O–H groups in total. The molecule has 1 saturated heterocycles. The number of nitrogens with one attached hydrogen (secondary N) is 1. The van der Waals surface area contributed by atoms with E-state index >= 15 is 0 Å². The van der Waals surface area contributed by atoms with Crippen LogP contribution in [-0.4, -0.2) is 52.0 Å². The Morgan fingerprint density at radius 1 is 1.43 bits per heavy atom. The molecule has 1 fully saturated rings. The van der Waals surface area contributed by atoms with Crippen molar-refractivity contribution in [1.29, 1.82) is 0 Å². The molecule has 0 amide bonds. The molecule has 0 bridgehead atoms. The molecule has 1 aromatic rings. The summed E-state index contributed by atoms with van der Waals surface area (Å²) in [6, 6.07) is 2.58. The third-order valence-electron chi connectivity index (χ3n) is 2.86. The van der Waals surface area contributed by atoms with Crippen LogP contribution < -0.4 is 4.72 Å². The molecule has 1 aromatic carbocycles. The highest BCUT2D eigenvalue weighted by Crippen LogP contribution is 2.15. The molecule has 116 valence electrons. The quantitative estimate of drug-likeness (QED) is 0.805. The Bertz CT molecular complexity index is 627. The van der Waals surface area contributed by atoms with Gasteiger partial charge in [0.2, 0.25) is 10.0 Å². The van der Waals surface area contributed by atoms with Crippen LogP contribution in [0.3, 0.4) is 0 Å². The lowest BCUT2D eigenvalue weighted by molar-refractivity contribution is -0.0846. The van der Waals surface area contributed by atoms with Gasteiger partial charge in [0.15, 0.2) is 0 Å². The minimum atomic E-state index is -3.95. The van der Waals surface area contributed by atoms with Crippen LogP contribution >= 0.6 is 0 Å². The lowest BCUT2D eigenvalue weighted by Gasteiger charge is -2.23. The number of carbonyl (C=O) groups is 1. The Morgan fingerprint density at radius 3 is 2.81 bits per heavy atom. The zero-order valence-corrected chi connectivity index (χ0v) is 11.7. The molecule has 1 atom stereocenters. The first kappa shape index (κ1) is 15.8. The van der Waals surface area contributed by atoms with E-state index in [0.29, 0.717) is 13.2 Å². The Labute approximate surface area is 120 Å². The molecule has 0 spiro atoms. The van der Waals surface area contributed by atoms with E-state index in [2.05, 4.69) is 4.72 Å². The van der Waals surface area contributed by atoms with Gasteiger partial charge < -0.3 is 14.6 Å². The van der Waals surface area contributed by atoms with Crippen molar-refractivity contribution in [2.24, 2.45) is 0 Å². The molecule has 0 aromatic heterocycles. The topological polar surface area (TPSA) is 102 Å². The second-order valence-electron chi connectivity index (χ2n) is 4.37. The first-order valence-corrected chi connectivity index (χ1v) is 7.60. The molecule has 0 aliphatic carbocycles. The average molecular weight is 319 g/mol. The largest absolute Gasteiger partial charge is 0.478 e. The Hall–Kier alpha value is -1.55. The van der Waals surface area contributed by atoms with Gasteiger partial charge >= 0.3 is 5.97 Å². The maximum Gasteiger partial charge on any atom is 0.338 e. The molecule has 21 heavy (non-hydrogen) atoms. The Balaban J connectivity index is 2.11. The number of ether oxygens (including phenoxy) is 2. The van der Waals surface area contributed by atoms with Crippen LogP contribution in [0, 0.1) is 5.82 Å². The first-order valence-electron chi connectivity index (χ1n) is 6.12. The fourth-order valence-corrected chi connectivity index (χ4v) is 2.87. The van der Waals surface area contributed by atoms with E-state index in [1.165, 1.54) is 0 Å². The molecular formula is C12H14FNO6S. The van der Waals surface area contributed by atoms with E-state index in [-0.39, 0.29) is 18.0 Å². The smallest absolute Gasteiger partial charge is 0.338 e. The molecule has 0 radical (unpaired) electrons. The van der Waals surface area contributed by atoms with Crippen molar-refractivity contribution in [2.45, 2.75) is 11.0 Å². The minimum Gasteiger partial charge on any atom is -0.478 e. The van der Waals surface area contributed by atoms with Gasteiger partial charge in [0.1, 0.15) is 5.82 Å². The van der Waals surface area contributed by atoms with Crippen molar-refractivity contribution in [2.75, 3.05) is 26.4 Å².